The normalized spacial score (nSPS) is 10.7. The van der Waals surface area contributed by atoms with Gasteiger partial charge in [0.2, 0.25) is 0 Å². The maximum Gasteiger partial charge on any atom is 0.262 e. The summed E-state index contributed by atoms with van der Waals surface area (Å²) >= 11 is 0. The van der Waals surface area contributed by atoms with Crippen molar-refractivity contribution < 1.29 is 9.53 Å². The van der Waals surface area contributed by atoms with Crippen molar-refractivity contribution in [1.82, 2.24) is 0 Å². The lowest BCUT2D eigenvalue weighted by Gasteiger charge is -2.17. The van der Waals surface area contributed by atoms with Gasteiger partial charge in [-0.3, -0.25) is 4.79 Å². The Kier molecular flexibility index (Phi) is 5.43. The second-order valence-electron chi connectivity index (χ2n) is 6.25. The summed E-state index contributed by atoms with van der Waals surface area (Å²) in [4.78, 5) is 12.3. The third-order valence-electron chi connectivity index (χ3n) is 3.95. The van der Waals surface area contributed by atoms with E-state index in [4.69, 9.17) is 4.74 Å². The molecule has 0 spiro atoms. The Labute approximate surface area is 138 Å². The van der Waals surface area contributed by atoms with E-state index in [1.807, 2.05) is 51.1 Å². The molecule has 23 heavy (non-hydrogen) atoms. The van der Waals surface area contributed by atoms with Crippen LogP contribution in [0, 0.1) is 20.8 Å². The molecule has 0 saturated heterocycles. The Hall–Kier alpha value is -2.29. The van der Waals surface area contributed by atoms with Crippen LogP contribution in [-0.4, -0.2) is 12.5 Å². The second-order valence-corrected chi connectivity index (χ2v) is 6.25. The maximum atomic E-state index is 12.3. The fourth-order valence-corrected chi connectivity index (χ4v) is 2.68. The lowest BCUT2D eigenvalue weighted by molar-refractivity contribution is -0.118. The van der Waals surface area contributed by atoms with Crippen LogP contribution in [0.25, 0.3) is 0 Å². The zero-order chi connectivity index (χ0) is 17.0. The van der Waals surface area contributed by atoms with Crippen LogP contribution < -0.4 is 10.1 Å². The maximum absolute atomic E-state index is 12.3. The van der Waals surface area contributed by atoms with Crippen LogP contribution >= 0.6 is 0 Å². The third kappa shape index (κ3) is 4.13. The van der Waals surface area contributed by atoms with E-state index >= 15 is 0 Å². The second kappa shape index (κ2) is 7.32. The van der Waals surface area contributed by atoms with Gasteiger partial charge in [-0.05, 0) is 48.9 Å². The molecule has 0 aromatic heterocycles. The van der Waals surface area contributed by atoms with Crippen molar-refractivity contribution in [2.45, 2.75) is 40.5 Å². The van der Waals surface area contributed by atoms with Gasteiger partial charge in [-0.1, -0.05) is 50.2 Å². The molecule has 0 aliphatic carbocycles. The van der Waals surface area contributed by atoms with Crippen molar-refractivity contribution in [2.75, 3.05) is 11.9 Å². The first kappa shape index (κ1) is 17.1. The fourth-order valence-electron chi connectivity index (χ4n) is 2.68. The highest BCUT2D eigenvalue weighted by atomic mass is 16.5. The number of hydrogen-bond donors (Lipinski definition) is 1. The van der Waals surface area contributed by atoms with Gasteiger partial charge in [-0.25, -0.2) is 0 Å². The Morgan fingerprint density at radius 3 is 2.17 bits per heavy atom. The molecule has 0 saturated carbocycles. The average molecular weight is 311 g/mol. The number of ether oxygens (including phenoxy) is 1. The molecule has 2 aromatic rings. The smallest absolute Gasteiger partial charge is 0.262 e. The zero-order valence-electron chi connectivity index (χ0n) is 14.6. The van der Waals surface area contributed by atoms with Crippen LogP contribution in [-0.2, 0) is 4.79 Å². The van der Waals surface area contributed by atoms with Gasteiger partial charge in [-0.15, -0.1) is 0 Å². The van der Waals surface area contributed by atoms with Crippen LogP contribution in [0.1, 0.15) is 42.0 Å². The molecule has 0 aliphatic rings. The van der Waals surface area contributed by atoms with Crippen LogP contribution in [0.5, 0.6) is 5.75 Å². The van der Waals surface area contributed by atoms with Crippen LogP contribution in [0.3, 0.4) is 0 Å². The molecule has 1 amide bonds. The molecule has 0 heterocycles. The molecule has 0 unspecified atom stereocenters. The molecule has 3 heteroatoms. The van der Waals surface area contributed by atoms with Gasteiger partial charge in [0.1, 0.15) is 5.75 Å². The van der Waals surface area contributed by atoms with Crippen molar-refractivity contribution >= 4 is 11.6 Å². The molecule has 0 aliphatic heterocycles. The van der Waals surface area contributed by atoms with Crippen LogP contribution in [0.15, 0.2) is 36.4 Å². The molecular formula is C20H25NO2. The lowest BCUT2D eigenvalue weighted by atomic mass is 9.98. The van der Waals surface area contributed by atoms with Gasteiger partial charge in [-0.2, -0.15) is 0 Å². The predicted molar refractivity (Wildman–Crippen MR) is 95.3 cm³/mol. The summed E-state index contributed by atoms with van der Waals surface area (Å²) in [5.74, 6) is 1.00. The first-order valence-electron chi connectivity index (χ1n) is 7.98. The van der Waals surface area contributed by atoms with Gasteiger partial charge in [0, 0.05) is 5.69 Å². The van der Waals surface area contributed by atoms with E-state index in [9.17, 15) is 4.79 Å². The zero-order valence-corrected chi connectivity index (χ0v) is 14.6. The monoisotopic (exact) mass is 311 g/mol. The van der Waals surface area contributed by atoms with Crippen molar-refractivity contribution in [3.63, 3.8) is 0 Å². The first-order valence-corrected chi connectivity index (χ1v) is 7.98. The average Bonchev–Trinajstić information content (AvgIpc) is 2.48. The number of benzene rings is 2. The highest BCUT2D eigenvalue weighted by molar-refractivity contribution is 5.93. The number of anilines is 1. The highest BCUT2D eigenvalue weighted by Crippen LogP contribution is 2.27. The molecule has 2 rings (SSSR count). The molecule has 1 N–H and O–H groups in total. The SMILES string of the molecule is Cc1cccc(C(C)C)c1NC(=O)COc1c(C)cccc1C. The summed E-state index contributed by atoms with van der Waals surface area (Å²) in [5, 5.41) is 3.01. The first-order chi connectivity index (χ1) is 10.9. The number of carbonyl (C=O) groups is 1. The minimum absolute atomic E-state index is 0.0115. The topological polar surface area (TPSA) is 38.3 Å². The summed E-state index contributed by atoms with van der Waals surface area (Å²) in [5.41, 5.74) is 5.19. The Morgan fingerprint density at radius 1 is 1.00 bits per heavy atom. The number of aryl methyl sites for hydroxylation is 3. The summed E-state index contributed by atoms with van der Waals surface area (Å²) in [6, 6.07) is 12.0. The van der Waals surface area contributed by atoms with Crippen LogP contribution in [0.2, 0.25) is 0 Å². The largest absolute Gasteiger partial charge is 0.483 e. The van der Waals surface area contributed by atoms with E-state index in [2.05, 4.69) is 25.2 Å². The van der Waals surface area contributed by atoms with Crippen molar-refractivity contribution in [2.24, 2.45) is 0 Å². The minimum Gasteiger partial charge on any atom is -0.483 e. The highest BCUT2D eigenvalue weighted by Gasteiger charge is 2.13. The number of amides is 1. The lowest BCUT2D eigenvalue weighted by Crippen LogP contribution is -2.22. The van der Waals surface area contributed by atoms with E-state index in [0.29, 0.717) is 5.92 Å². The Balaban J connectivity index is 2.09. The van der Waals surface area contributed by atoms with E-state index in [1.165, 1.54) is 0 Å². The molecule has 0 fully saturated rings. The van der Waals surface area contributed by atoms with E-state index < -0.39 is 0 Å². The number of para-hydroxylation sites is 2. The summed E-state index contributed by atoms with van der Waals surface area (Å²) in [6.07, 6.45) is 0. The number of carbonyl (C=O) groups excluding carboxylic acids is 1. The van der Waals surface area contributed by atoms with Crippen molar-refractivity contribution in [3.05, 3.63) is 58.7 Å². The molecule has 3 nitrogen and oxygen atoms in total. The number of nitrogens with one attached hydrogen (secondary N) is 1. The summed E-state index contributed by atoms with van der Waals surface area (Å²) in [6.45, 7) is 10.2. The van der Waals surface area contributed by atoms with Gasteiger partial charge in [0.25, 0.3) is 5.91 Å². The predicted octanol–water partition coefficient (Wildman–Crippen LogP) is 4.75. The Morgan fingerprint density at radius 2 is 1.57 bits per heavy atom. The molecule has 0 bridgehead atoms. The van der Waals surface area contributed by atoms with Crippen LogP contribution in [0.4, 0.5) is 5.69 Å². The molecule has 0 radical (unpaired) electrons. The van der Waals surface area contributed by atoms with Gasteiger partial charge < -0.3 is 10.1 Å². The summed E-state index contributed by atoms with van der Waals surface area (Å²) in [7, 11) is 0. The van der Waals surface area contributed by atoms with E-state index in [0.717, 1.165) is 33.7 Å². The van der Waals surface area contributed by atoms with Gasteiger partial charge >= 0.3 is 0 Å². The number of hydrogen-bond acceptors (Lipinski definition) is 2. The summed E-state index contributed by atoms with van der Waals surface area (Å²) < 4.78 is 5.73. The quantitative estimate of drug-likeness (QED) is 0.865. The van der Waals surface area contributed by atoms with Gasteiger partial charge in [0.05, 0.1) is 0 Å². The third-order valence-corrected chi connectivity index (χ3v) is 3.95. The molecular weight excluding hydrogens is 286 g/mol. The fraction of sp³-hybridized carbons (Fsp3) is 0.350. The Bertz CT molecular complexity index is 685. The van der Waals surface area contributed by atoms with Crippen molar-refractivity contribution in [3.8, 4) is 5.75 Å². The molecule has 122 valence electrons. The molecule has 2 aromatic carbocycles. The molecule has 0 atom stereocenters. The number of rotatable bonds is 5. The standard InChI is InChI=1S/C20H25NO2/c1-13(2)17-11-7-8-14(3)19(17)21-18(22)12-23-20-15(4)9-6-10-16(20)5/h6-11,13H,12H2,1-5H3,(H,21,22). The minimum atomic E-state index is -0.135. The van der Waals surface area contributed by atoms with Gasteiger partial charge in [0.15, 0.2) is 6.61 Å². The van der Waals surface area contributed by atoms with Crippen molar-refractivity contribution in [1.29, 1.82) is 0 Å². The van der Waals surface area contributed by atoms with E-state index in [1.54, 1.807) is 0 Å². The van der Waals surface area contributed by atoms with E-state index in [-0.39, 0.29) is 12.5 Å².